The number of thiazole rings is 1. The average Bonchev–Trinajstić information content (AvgIpc) is 3.02. The van der Waals surface area contributed by atoms with Crippen molar-refractivity contribution in [3.8, 4) is 0 Å². The molecule has 2 unspecified atom stereocenters. The number of halogens is 1. The highest BCUT2D eigenvalue weighted by Crippen LogP contribution is 2.20. The van der Waals surface area contributed by atoms with E-state index in [1.807, 2.05) is 5.38 Å². The molecule has 2 atom stereocenters. The first-order valence-corrected chi connectivity index (χ1v) is 11.0. The molecule has 0 saturated carbocycles. The van der Waals surface area contributed by atoms with Crippen molar-refractivity contribution in [2.24, 2.45) is 0 Å². The molecule has 0 bridgehead atoms. The molecule has 1 aromatic carbocycles. The second-order valence-electron chi connectivity index (χ2n) is 6.76. The lowest BCUT2D eigenvalue weighted by Gasteiger charge is -2.34. The number of anilines is 1. The number of aromatic nitrogens is 1. The van der Waals surface area contributed by atoms with Gasteiger partial charge >= 0.3 is 0 Å². The molecule has 2 heterocycles. The predicted octanol–water partition coefficient (Wildman–Crippen LogP) is 3.76. The minimum atomic E-state index is -0.248. The third-order valence-electron chi connectivity index (χ3n) is 4.09. The topological polar surface area (TPSA) is 54.5 Å². The van der Waals surface area contributed by atoms with Crippen LogP contribution >= 0.6 is 23.1 Å². The van der Waals surface area contributed by atoms with Crippen molar-refractivity contribution < 1.29 is 13.9 Å². The molecule has 5 nitrogen and oxygen atoms in total. The second kappa shape index (κ2) is 9.64. The number of hydrogen-bond acceptors (Lipinski definition) is 6. The Morgan fingerprint density at radius 3 is 2.74 bits per heavy atom. The summed E-state index contributed by atoms with van der Waals surface area (Å²) in [5.74, 6) is 0.688. The van der Waals surface area contributed by atoms with Gasteiger partial charge in [0.2, 0.25) is 5.91 Å². The van der Waals surface area contributed by atoms with Crippen molar-refractivity contribution in [2.75, 3.05) is 24.2 Å². The van der Waals surface area contributed by atoms with E-state index in [1.165, 1.54) is 35.2 Å². The van der Waals surface area contributed by atoms with Gasteiger partial charge in [0.15, 0.2) is 5.13 Å². The highest BCUT2D eigenvalue weighted by molar-refractivity contribution is 7.99. The Morgan fingerprint density at radius 2 is 2.04 bits per heavy atom. The van der Waals surface area contributed by atoms with Crippen molar-refractivity contribution in [1.82, 2.24) is 9.88 Å². The minimum absolute atomic E-state index is 0.0726. The van der Waals surface area contributed by atoms with Crippen molar-refractivity contribution in [1.29, 1.82) is 0 Å². The van der Waals surface area contributed by atoms with Crippen molar-refractivity contribution in [3.05, 3.63) is 46.7 Å². The van der Waals surface area contributed by atoms with Crippen LogP contribution in [0.5, 0.6) is 0 Å². The van der Waals surface area contributed by atoms with Crippen LogP contribution in [0.4, 0.5) is 9.52 Å². The van der Waals surface area contributed by atoms with E-state index in [9.17, 15) is 9.18 Å². The highest BCUT2D eigenvalue weighted by atomic mass is 32.2. The Morgan fingerprint density at radius 1 is 1.33 bits per heavy atom. The summed E-state index contributed by atoms with van der Waals surface area (Å²) in [6.07, 6.45) is 0.453. The Bertz CT molecular complexity index is 744. The van der Waals surface area contributed by atoms with Gasteiger partial charge in [-0.05, 0) is 31.5 Å². The number of morpholine rings is 1. The summed E-state index contributed by atoms with van der Waals surface area (Å²) in [6.45, 7) is 6.72. The van der Waals surface area contributed by atoms with Crippen LogP contribution in [0, 0.1) is 5.82 Å². The Hall–Kier alpha value is -1.48. The van der Waals surface area contributed by atoms with Gasteiger partial charge in [-0.2, -0.15) is 0 Å². The summed E-state index contributed by atoms with van der Waals surface area (Å²) in [7, 11) is 0. The monoisotopic (exact) mass is 409 g/mol. The van der Waals surface area contributed by atoms with Gasteiger partial charge in [-0.15, -0.1) is 23.1 Å². The van der Waals surface area contributed by atoms with Crippen LogP contribution in [0.3, 0.4) is 0 Å². The number of amides is 1. The number of nitrogens with zero attached hydrogens (tertiary/aromatic N) is 2. The Balaban J connectivity index is 1.41. The summed E-state index contributed by atoms with van der Waals surface area (Å²) in [4.78, 5) is 18.9. The number of rotatable bonds is 7. The lowest BCUT2D eigenvalue weighted by atomic mass is 10.2. The lowest BCUT2D eigenvalue weighted by Crippen LogP contribution is -2.44. The van der Waals surface area contributed by atoms with Crippen molar-refractivity contribution >= 4 is 34.1 Å². The molecule has 1 aromatic heterocycles. The SMILES string of the molecule is CC1CN(Cc2csc(NC(=O)CSCc3ccc(F)cc3)n2)CC(C)O1. The number of hydrogen-bond donors (Lipinski definition) is 1. The van der Waals surface area contributed by atoms with E-state index in [1.54, 1.807) is 12.1 Å². The van der Waals surface area contributed by atoms with Crippen LogP contribution in [0.25, 0.3) is 0 Å². The van der Waals surface area contributed by atoms with Gasteiger partial charge in [-0.25, -0.2) is 9.37 Å². The molecule has 1 N–H and O–H groups in total. The van der Waals surface area contributed by atoms with Crippen LogP contribution in [0.15, 0.2) is 29.6 Å². The average molecular weight is 410 g/mol. The molecule has 1 aliphatic heterocycles. The summed E-state index contributed by atoms with van der Waals surface area (Å²) >= 11 is 2.94. The summed E-state index contributed by atoms with van der Waals surface area (Å²) in [6, 6.07) is 6.34. The van der Waals surface area contributed by atoms with Gasteiger partial charge in [0, 0.05) is 30.8 Å². The van der Waals surface area contributed by atoms with E-state index in [-0.39, 0.29) is 23.9 Å². The highest BCUT2D eigenvalue weighted by Gasteiger charge is 2.22. The van der Waals surface area contributed by atoms with E-state index >= 15 is 0 Å². The Labute approximate surface area is 167 Å². The van der Waals surface area contributed by atoms with Gasteiger partial charge in [-0.3, -0.25) is 9.69 Å². The third-order valence-corrected chi connectivity index (χ3v) is 5.90. The van der Waals surface area contributed by atoms with Crippen LogP contribution < -0.4 is 5.32 Å². The standard InChI is InChI=1S/C19H24FN3O2S2/c1-13-7-23(8-14(2)25-13)9-17-11-27-19(21-17)22-18(24)12-26-10-15-3-5-16(20)6-4-15/h3-6,11,13-14H,7-10,12H2,1-2H3,(H,21,22,24). The number of thioether (sulfide) groups is 1. The zero-order valence-electron chi connectivity index (χ0n) is 15.5. The van der Waals surface area contributed by atoms with Crippen LogP contribution in [-0.4, -0.2) is 46.8 Å². The number of benzene rings is 1. The number of carbonyl (C=O) groups is 1. The van der Waals surface area contributed by atoms with Gasteiger partial charge in [0.1, 0.15) is 5.82 Å². The van der Waals surface area contributed by atoms with Gasteiger partial charge in [0.25, 0.3) is 0 Å². The molecule has 0 radical (unpaired) electrons. The molecule has 2 aromatic rings. The van der Waals surface area contributed by atoms with Crippen molar-refractivity contribution in [2.45, 2.75) is 38.4 Å². The molecular weight excluding hydrogens is 385 g/mol. The van der Waals surface area contributed by atoms with Crippen molar-refractivity contribution in [3.63, 3.8) is 0 Å². The maximum atomic E-state index is 12.9. The molecule has 0 aliphatic carbocycles. The Kier molecular flexibility index (Phi) is 7.23. The maximum Gasteiger partial charge on any atom is 0.236 e. The van der Waals surface area contributed by atoms with E-state index in [4.69, 9.17) is 4.74 Å². The lowest BCUT2D eigenvalue weighted by molar-refractivity contribution is -0.113. The number of ether oxygens (including phenoxy) is 1. The molecule has 1 aliphatic rings. The maximum absolute atomic E-state index is 12.9. The van der Waals surface area contributed by atoms with Crippen LogP contribution in [0.1, 0.15) is 25.1 Å². The molecule has 27 heavy (non-hydrogen) atoms. The summed E-state index contributed by atoms with van der Waals surface area (Å²) < 4.78 is 18.6. The third kappa shape index (κ3) is 6.57. The van der Waals surface area contributed by atoms with E-state index in [0.717, 1.165) is 30.9 Å². The zero-order valence-corrected chi connectivity index (χ0v) is 17.1. The zero-order chi connectivity index (χ0) is 19.2. The normalized spacial score (nSPS) is 20.6. The number of nitrogens with one attached hydrogen (secondary N) is 1. The smallest absolute Gasteiger partial charge is 0.236 e. The van der Waals surface area contributed by atoms with E-state index in [0.29, 0.717) is 16.6 Å². The molecule has 1 fully saturated rings. The minimum Gasteiger partial charge on any atom is -0.373 e. The van der Waals surface area contributed by atoms with E-state index in [2.05, 4.69) is 29.0 Å². The molecule has 0 spiro atoms. The first-order chi connectivity index (χ1) is 13.0. The summed E-state index contributed by atoms with van der Waals surface area (Å²) in [5.41, 5.74) is 1.97. The quantitative estimate of drug-likeness (QED) is 0.755. The van der Waals surface area contributed by atoms with Gasteiger partial charge in [-0.1, -0.05) is 12.1 Å². The van der Waals surface area contributed by atoms with Gasteiger partial charge < -0.3 is 10.1 Å². The fraction of sp³-hybridized carbons (Fsp3) is 0.474. The number of carbonyl (C=O) groups excluding carboxylic acids is 1. The largest absolute Gasteiger partial charge is 0.373 e. The molecule has 1 amide bonds. The van der Waals surface area contributed by atoms with Crippen LogP contribution in [-0.2, 0) is 21.8 Å². The first-order valence-electron chi connectivity index (χ1n) is 8.92. The molecule has 3 rings (SSSR count). The fourth-order valence-electron chi connectivity index (χ4n) is 3.08. The second-order valence-corrected chi connectivity index (χ2v) is 8.61. The fourth-order valence-corrected chi connectivity index (χ4v) is 4.58. The molecule has 8 heteroatoms. The predicted molar refractivity (Wildman–Crippen MR) is 109 cm³/mol. The first kappa shape index (κ1) is 20.3. The van der Waals surface area contributed by atoms with E-state index < -0.39 is 0 Å². The van der Waals surface area contributed by atoms with Gasteiger partial charge in [0.05, 0.1) is 23.7 Å². The van der Waals surface area contributed by atoms with Crippen LogP contribution in [0.2, 0.25) is 0 Å². The molecular formula is C19H24FN3O2S2. The summed E-state index contributed by atoms with van der Waals surface area (Å²) in [5, 5.41) is 5.48. The molecule has 1 saturated heterocycles. The molecule has 146 valence electrons.